The van der Waals surface area contributed by atoms with Crippen LogP contribution in [0.3, 0.4) is 0 Å². The molecule has 0 radical (unpaired) electrons. The highest BCUT2D eigenvalue weighted by Gasteiger charge is 2.55. The van der Waals surface area contributed by atoms with Gasteiger partial charge in [0, 0.05) is 6.04 Å². The molecule has 6 heteroatoms. The molecular weight excluding hydrogens is 300 g/mol. The van der Waals surface area contributed by atoms with E-state index in [0.717, 1.165) is 25.7 Å². The van der Waals surface area contributed by atoms with Gasteiger partial charge in [-0.25, -0.2) is 4.79 Å². The minimum atomic E-state index is -1.30. The molecule has 0 aromatic heterocycles. The van der Waals surface area contributed by atoms with Gasteiger partial charge in [0.25, 0.3) is 0 Å². The highest BCUT2D eigenvalue weighted by atomic mass is 32.2. The van der Waals surface area contributed by atoms with Gasteiger partial charge in [-0.2, -0.15) is 0 Å². The molecule has 0 aliphatic carbocycles. The molecular formula is C16H28N2O3S. The van der Waals surface area contributed by atoms with E-state index >= 15 is 0 Å². The van der Waals surface area contributed by atoms with E-state index in [1.807, 2.05) is 46.4 Å². The summed E-state index contributed by atoms with van der Waals surface area (Å²) in [6.07, 6.45) is 5.16. The number of amides is 1. The topological polar surface area (TPSA) is 65.0 Å². The Bertz CT molecular complexity index is 457. The van der Waals surface area contributed by atoms with Gasteiger partial charge in [0.15, 0.2) is 0 Å². The van der Waals surface area contributed by atoms with Crippen molar-refractivity contribution in [1.82, 2.24) is 4.90 Å². The maximum Gasteiger partial charge on any atom is 0.411 e. The van der Waals surface area contributed by atoms with Crippen molar-refractivity contribution in [3.63, 3.8) is 0 Å². The first-order chi connectivity index (χ1) is 9.95. The Morgan fingerprint density at radius 1 is 1.27 bits per heavy atom. The van der Waals surface area contributed by atoms with Crippen LogP contribution in [0.5, 0.6) is 0 Å². The van der Waals surface area contributed by atoms with Crippen LogP contribution in [0.25, 0.3) is 0 Å². The third-order valence-electron chi connectivity index (χ3n) is 4.17. The number of hydrogen-bond donors (Lipinski definition) is 0. The van der Waals surface area contributed by atoms with Crippen molar-refractivity contribution in [3.8, 4) is 0 Å². The van der Waals surface area contributed by atoms with Crippen LogP contribution in [0.4, 0.5) is 4.79 Å². The average molecular weight is 328 g/mol. The summed E-state index contributed by atoms with van der Waals surface area (Å²) in [6.45, 7) is 11.3. The third-order valence-corrected chi connectivity index (χ3v) is 5.51. The number of carbonyl (C=O) groups is 1. The van der Waals surface area contributed by atoms with Crippen molar-refractivity contribution < 1.29 is 14.1 Å². The summed E-state index contributed by atoms with van der Waals surface area (Å²) in [5.74, 6) is 0. The Hall–Kier alpha value is -0.750. The highest BCUT2D eigenvalue weighted by molar-refractivity contribution is 7.91. The predicted molar refractivity (Wildman–Crippen MR) is 89.4 cm³/mol. The lowest BCUT2D eigenvalue weighted by molar-refractivity contribution is 0.0175. The lowest BCUT2D eigenvalue weighted by atomic mass is 9.89. The van der Waals surface area contributed by atoms with Gasteiger partial charge < -0.3 is 9.29 Å². The van der Waals surface area contributed by atoms with Gasteiger partial charge >= 0.3 is 6.09 Å². The van der Waals surface area contributed by atoms with Gasteiger partial charge in [0.05, 0.1) is 11.8 Å². The van der Waals surface area contributed by atoms with Crippen LogP contribution in [0, 0.1) is 0 Å². The molecule has 0 aromatic carbocycles. The minimum absolute atomic E-state index is 0.226. The van der Waals surface area contributed by atoms with Gasteiger partial charge in [0.2, 0.25) is 0 Å². The first kappa shape index (κ1) is 17.6. The Labute approximate surface area is 136 Å². The van der Waals surface area contributed by atoms with Crippen molar-refractivity contribution in [2.75, 3.05) is 0 Å². The molecule has 1 unspecified atom stereocenters. The number of nitrogens with zero attached hydrogens (tertiary/aromatic N) is 2. The summed E-state index contributed by atoms with van der Waals surface area (Å²) < 4.78 is 21.6. The first-order valence-electron chi connectivity index (χ1n) is 7.94. The monoisotopic (exact) mass is 328 g/mol. The Balaban J connectivity index is 2.17. The predicted octanol–water partition coefficient (Wildman–Crippen LogP) is 3.45. The van der Waals surface area contributed by atoms with E-state index in [1.165, 1.54) is 0 Å². The normalized spacial score (nSPS) is 30.1. The molecule has 2 fully saturated rings. The van der Waals surface area contributed by atoms with Gasteiger partial charge in [-0.15, -0.1) is 0 Å². The Kier molecular flexibility index (Phi) is 4.57. The summed E-state index contributed by atoms with van der Waals surface area (Å²) in [5, 5.41) is 0. The smallest absolute Gasteiger partial charge is 0.411 e. The fraction of sp³-hybridized carbons (Fsp3) is 0.875. The second-order valence-corrected chi connectivity index (χ2v) is 10.2. The van der Waals surface area contributed by atoms with Crippen molar-refractivity contribution in [3.05, 3.63) is 0 Å². The van der Waals surface area contributed by atoms with Crippen LogP contribution in [0.2, 0.25) is 0 Å². The summed E-state index contributed by atoms with van der Waals surface area (Å²) in [7, 11) is 0. The van der Waals surface area contributed by atoms with E-state index in [9.17, 15) is 9.35 Å². The zero-order chi connectivity index (χ0) is 16.8. The maximum absolute atomic E-state index is 12.5. The Morgan fingerprint density at radius 3 is 2.27 bits per heavy atom. The van der Waals surface area contributed by atoms with Crippen molar-refractivity contribution in [2.24, 2.45) is 4.40 Å². The Morgan fingerprint density at radius 2 is 1.82 bits per heavy atom. The fourth-order valence-electron chi connectivity index (χ4n) is 3.10. The lowest BCUT2D eigenvalue weighted by Crippen LogP contribution is -2.48. The zero-order valence-corrected chi connectivity index (χ0v) is 15.3. The third kappa shape index (κ3) is 3.59. The first-order valence-corrected chi connectivity index (χ1v) is 9.05. The summed E-state index contributed by atoms with van der Waals surface area (Å²) in [4.78, 5) is 14.4. The van der Waals surface area contributed by atoms with Crippen LogP contribution >= 0.6 is 0 Å². The van der Waals surface area contributed by atoms with Crippen LogP contribution in [0.1, 0.15) is 67.2 Å². The molecule has 22 heavy (non-hydrogen) atoms. The van der Waals surface area contributed by atoms with Crippen LogP contribution in [-0.2, 0) is 16.1 Å². The molecule has 0 aromatic rings. The summed E-state index contributed by atoms with van der Waals surface area (Å²) >= 11 is -1.30. The quantitative estimate of drug-likeness (QED) is 0.576. The van der Waals surface area contributed by atoms with E-state index in [1.54, 1.807) is 6.21 Å². The number of ether oxygens (including phenoxy) is 1. The summed E-state index contributed by atoms with van der Waals surface area (Å²) in [5.41, 5.74) is -0.917. The molecule has 2 heterocycles. The van der Waals surface area contributed by atoms with Crippen molar-refractivity contribution in [1.29, 1.82) is 0 Å². The van der Waals surface area contributed by atoms with Gasteiger partial charge in [-0.1, -0.05) is 4.40 Å². The average Bonchev–Trinajstić information content (AvgIpc) is 2.88. The highest BCUT2D eigenvalue weighted by Crippen LogP contribution is 2.46. The molecule has 0 saturated carbocycles. The van der Waals surface area contributed by atoms with Gasteiger partial charge in [-0.3, -0.25) is 4.90 Å². The van der Waals surface area contributed by atoms with E-state index in [0.29, 0.717) is 0 Å². The molecule has 5 nitrogen and oxygen atoms in total. The maximum atomic E-state index is 12.5. The molecule has 0 N–H and O–H groups in total. The minimum Gasteiger partial charge on any atom is -0.591 e. The van der Waals surface area contributed by atoms with Crippen LogP contribution in [0.15, 0.2) is 4.40 Å². The van der Waals surface area contributed by atoms with E-state index in [2.05, 4.69) is 4.40 Å². The van der Waals surface area contributed by atoms with Crippen molar-refractivity contribution >= 4 is 23.7 Å². The van der Waals surface area contributed by atoms with E-state index in [4.69, 9.17) is 4.74 Å². The van der Waals surface area contributed by atoms with Gasteiger partial charge in [0.1, 0.15) is 21.7 Å². The molecule has 0 spiro atoms. The van der Waals surface area contributed by atoms with Crippen LogP contribution in [-0.4, -0.2) is 43.7 Å². The number of carbonyl (C=O) groups excluding carboxylic acids is 1. The zero-order valence-electron chi connectivity index (χ0n) is 14.5. The number of rotatable bonds is 2. The molecule has 1 atom stereocenters. The molecule has 2 aliphatic rings. The van der Waals surface area contributed by atoms with E-state index in [-0.39, 0.29) is 16.9 Å². The standard InChI is InChI=1S/C16H28N2O3S/c1-14(2,3)21-13(19)18-12-7-9-16(18,10-8-12)11-17-22(20)15(4,5)6/h11-12H,7-10H2,1-6H3/b17-11+. The molecule has 2 aliphatic heterocycles. The van der Waals surface area contributed by atoms with Crippen LogP contribution < -0.4 is 0 Å². The number of hydrogen-bond acceptors (Lipinski definition) is 4. The van der Waals surface area contributed by atoms with E-state index < -0.39 is 22.5 Å². The largest absolute Gasteiger partial charge is 0.591 e. The SMILES string of the molecule is CC(C)(C)OC(=O)N1C2CCC1(/C=N/[S+]([O-])C(C)(C)C)CC2. The van der Waals surface area contributed by atoms with Gasteiger partial charge in [-0.05, 0) is 67.2 Å². The second-order valence-electron chi connectivity index (χ2n) is 8.28. The lowest BCUT2D eigenvalue weighted by Gasteiger charge is -2.33. The van der Waals surface area contributed by atoms with Crippen molar-refractivity contribution in [2.45, 2.75) is 89.2 Å². The number of fused-ring (bicyclic) bond motifs is 2. The summed E-state index contributed by atoms with van der Waals surface area (Å²) in [6, 6.07) is 0.226. The molecule has 1 amide bonds. The molecule has 2 saturated heterocycles. The molecule has 2 rings (SSSR count). The second kappa shape index (κ2) is 5.71. The fourth-order valence-corrected chi connectivity index (χ4v) is 3.71. The molecule has 126 valence electrons. The molecule has 2 bridgehead atoms.